The molecule has 1 aromatic rings. The summed E-state index contributed by atoms with van der Waals surface area (Å²) in [5, 5.41) is 2.78. The third kappa shape index (κ3) is 5.24. The van der Waals surface area contributed by atoms with Crippen LogP contribution in [0.5, 0.6) is 0 Å². The lowest BCUT2D eigenvalue weighted by Gasteiger charge is -2.43. The van der Waals surface area contributed by atoms with Crippen LogP contribution in [0.25, 0.3) is 0 Å². The number of amides is 5. The molecule has 172 valence electrons. The molecule has 2 atom stereocenters. The molecule has 10 heteroatoms. The van der Waals surface area contributed by atoms with Crippen molar-refractivity contribution < 1.29 is 28.7 Å². The molecule has 0 aromatic heterocycles. The van der Waals surface area contributed by atoms with Crippen LogP contribution in [-0.2, 0) is 19.1 Å². The number of hydrogen-bond donors (Lipinski definition) is 3. The molecule has 32 heavy (non-hydrogen) atoms. The summed E-state index contributed by atoms with van der Waals surface area (Å²) in [6.07, 6.45) is 1.94. The van der Waals surface area contributed by atoms with Crippen molar-refractivity contribution in [1.82, 2.24) is 21.1 Å². The molecule has 1 saturated heterocycles. The molecular formula is C22H28N4O6. The monoisotopic (exact) mass is 444 g/mol. The third-order valence-corrected chi connectivity index (χ3v) is 5.63. The summed E-state index contributed by atoms with van der Waals surface area (Å²) in [6.45, 7) is 4.87. The molecule has 2 aliphatic rings. The van der Waals surface area contributed by atoms with Gasteiger partial charge >= 0.3 is 12.0 Å². The number of hydrazine groups is 1. The summed E-state index contributed by atoms with van der Waals surface area (Å²) >= 11 is 0. The Morgan fingerprint density at radius 1 is 1.12 bits per heavy atom. The van der Waals surface area contributed by atoms with Crippen LogP contribution in [0.3, 0.4) is 0 Å². The van der Waals surface area contributed by atoms with Crippen molar-refractivity contribution in [2.24, 2.45) is 11.3 Å². The second kappa shape index (κ2) is 8.97. The number of hydrogen-bond acceptors (Lipinski definition) is 6. The average molecular weight is 444 g/mol. The number of esters is 1. The fourth-order valence-electron chi connectivity index (χ4n) is 4.79. The topological polar surface area (TPSA) is 134 Å². The Kier molecular flexibility index (Phi) is 6.52. The lowest BCUT2D eigenvalue weighted by Crippen LogP contribution is -2.54. The van der Waals surface area contributed by atoms with E-state index in [0.717, 1.165) is 11.3 Å². The molecule has 2 unspecified atom stereocenters. The van der Waals surface area contributed by atoms with E-state index in [-0.39, 0.29) is 11.3 Å². The highest BCUT2D eigenvalue weighted by Crippen LogP contribution is 2.46. The lowest BCUT2D eigenvalue weighted by molar-refractivity contribution is -0.151. The van der Waals surface area contributed by atoms with Gasteiger partial charge in [0.05, 0.1) is 0 Å². The predicted octanol–water partition coefficient (Wildman–Crippen LogP) is 1.13. The van der Waals surface area contributed by atoms with Crippen molar-refractivity contribution in [3.8, 4) is 0 Å². The number of ether oxygens (including phenoxy) is 1. The second-order valence-electron chi connectivity index (χ2n) is 9.29. The zero-order valence-corrected chi connectivity index (χ0v) is 18.4. The summed E-state index contributed by atoms with van der Waals surface area (Å²) in [4.78, 5) is 62.2. The molecule has 3 N–H and O–H groups in total. The molecule has 0 bridgehead atoms. The molecule has 5 amide bonds. The molecule has 1 saturated carbocycles. The Bertz CT molecular complexity index is 932. The van der Waals surface area contributed by atoms with E-state index in [4.69, 9.17) is 4.74 Å². The van der Waals surface area contributed by atoms with E-state index in [9.17, 15) is 24.0 Å². The second-order valence-corrected chi connectivity index (χ2v) is 9.29. The molecular weight excluding hydrogens is 416 g/mol. The Labute approximate surface area is 186 Å². The number of nitrogens with zero attached hydrogens (tertiary/aromatic N) is 1. The Morgan fingerprint density at radius 2 is 1.81 bits per heavy atom. The number of rotatable bonds is 5. The fraction of sp³-hybridized carbons (Fsp3) is 0.500. The molecule has 1 aromatic carbocycles. The first-order valence-corrected chi connectivity index (χ1v) is 10.5. The first kappa shape index (κ1) is 23.2. The van der Waals surface area contributed by atoms with Gasteiger partial charge in [-0.25, -0.2) is 4.79 Å². The number of nitrogens with one attached hydrogen (secondary N) is 3. The van der Waals surface area contributed by atoms with Crippen molar-refractivity contribution >= 4 is 29.7 Å². The van der Waals surface area contributed by atoms with Gasteiger partial charge in [-0.1, -0.05) is 39.0 Å². The smallest absolute Gasteiger partial charge is 0.326 e. The molecule has 1 aliphatic heterocycles. The van der Waals surface area contributed by atoms with E-state index in [0.29, 0.717) is 18.4 Å². The molecule has 1 aliphatic carbocycles. The number of carbonyl (C=O) groups excluding carboxylic acids is 5. The van der Waals surface area contributed by atoms with Gasteiger partial charge in [0.2, 0.25) is 0 Å². The number of urea groups is 1. The molecule has 3 rings (SSSR count). The van der Waals surface area contributed by atoms with Gasteiger partial charge in [0.1, 0.15) is 12.1 Å². The van der Waals surface area contributed by atoms with Crippen LogP contribution >= 0.6 is 0 Å². The lowest BCUT2D eigenvalue weighted by atomic mass is 9.64. The minimum atomic E-state index is -1.02. The van der Waals surface area contributed by atoms with Gasteiger partial charge < -0.3 is 10.1 Å². The van der Waals surface area contributed by atoms with Gasteiger partial charge in [-0.05, 0) is 42.7 Å². The Morgan fingerprint density at radius 3 is 2.47 bits per heavy atom. The standard InChI is InChI=1S/C22H28N4O6/c1-14-9-21(2,3)13-22(10-14)19(30)26(20(31)23-22)11-17(28)32-12-16(27)24-25-18(29)15-7-5-4-6-8-15/h4-8,14H,9-13H2,1-3H3,(H,23,31)(H,24,27)(H,25,29). The Balaban J connectivity index is 1.48. The van der Waals surface area contributed by atoms with E-state index in [1.54, 1.807) is 30.3 Å². The predicted molar refractivity (Wildman–Crippen MR) is 113 cm³/mol. The van der Waals surface area contributed by atoms with Crippen LogP contribution < -0.4 is 16.2 Å². The van der Waals surface area contributed by atoms with E-state index < -0.39 is 48.4 Å². The van der Waals surface area contributed by atoms with Crippen molar-refractivity contribution in [2.45, 2.75) is 45.6 Å². The summed E-state index contributed by atoms with van der Waals surface area (Å²) < 4.78 is 4.86. The van der Waals surface area contributed by atoms with Crippen molar-refractivity contribution in [2.75, 3.05) is 13.2 Å². The first-order chi connectivity index (χ1) is 15.0. The highest BCUT2D eigenvalue weighted by molar-refractivity contribution is 6.08. The number of benzene rings is 1. The van der Waals surface area contributed by atoms with Crippen LogP contribution in [0.15, 0.2) is 30.3 Å². The van der Waals surface area contributed by atoms with Crippen LogP contribution in [-0.4, -0.2) is 53.3 Å². The van der Waals surface area contributed by atoms with Gasteiger partial charge in [-0.15, -0.1) is 0 Å². The van der Waals surface area contributed by atoms with Gasteiger partial charge in [0.15, 0.2) is 6.61 Å². The van der Waals surface area contributed by atoms with Gasteiger partial charge in [0, 0.05) is 5.56 Å². The van der Waals surface area contributed by atoms with Crippen molar-refractivity contribution in [1.29, 1.82) is 0 Å². The van der Waals surface area contributed by atoms with Crippen LogP contribution in [0, 0.1) is 11.3 Å². The van der Waals surface area contributed by atoms with Crippen LogP contribution in [0.4, 0.5) is 4.79 Å². The molecule has 10 nitrogen and oxygen atoms in total. The van der Waals surface area contributed by atoms with Gasteiger partial charge in [-0.2, -0.15) is 0 Å². The van der Waals surface area contributed by atoms with Crippen LogP contribution in [0.2, 0.25) is 0 Å². The Hall–Kier alpha value is -3.43. The third-order valence-electron chi connectivity index (χ3n) is 5.63. The van der Waals surface area contributed by atoms with E-state index in [1.807, 2.05) is 6.92 Å². The maximum atomic E-state index is 13.0. The summed E-state index contributed by atoms with van der Waals surface area (Å²) in [7, 11) is 0. The number of carbonyl (C=O) groups is 5. The largest absolute Gasteiger partial charge is 0.454 e. The summed E-state index contributed by atoms with van der Waals surface area (Å²) in [5.41, 5.74) is 3.54. The van der Waals surface area contributed by atoms with E-state index >= 15 is 0 Å². The first-order valence-electron chi connectivity index (χ1n) is 10.5. The van der Waals surface area contributed by atoms with Crippen molar-refractivity contribution in [3.63, 3.8) is 0 Å². The summed E-state index contributed by atoms with van der Waals surface area (Å²) in [5.74, 6) is -2.40. The highest BCUT2D eigenvalue weighted by Gasteiger charge is 2.56. The highest BCUT2D eigenvalue weighted by atomic mass is 16.5. The molecule has 0 radical (unpaired) electrons. The normalized spacial score (nSPS) is 24.1. The summed E-state index contributed by atoms with van der Waals surface area (Å²) in [6, 6.07) is 7.59. The minimum absolute atomic E-state index is 0.126. The zero-order valence-electron chi connectivity index (χ0n) is 18.4. The molecule has 1 heterocycles. The fourth-order valence-corrected chi connectivity index (χ4v) is 4.79. The van der Waals surface area contributed by atoms with Crippen molar-refractivity contribution in [3.05, 3.63) is 35.9 Å². The van der Waals surface area contributed by atoms with Crippen LogP contribution in [0.1, 0.15) is 50.4 Å². The SMILES string of the molecule is CC1CC(C)(C)CC2(C1)NC(=O)N(CC(=O)OCC(=O)NNC(=O)c1ccccc1)C2=O. The maximum absolute atomic E-state index is 13.0. The average Bonchev–Trinajstić information content (AvgIpc) is 2.92. The maximum Gasteiger partial charge on any atom is 0.326 e. The van der Waals surface area contributed by atoms with Gasteiger partial charge in [-0.3, -0.25) is 34.9 Å². The number of imide groups is 1. The minimum Gasteiger partial charge on any atom is -0.454 e. The van der Waals surface area contributed by atoms with E-state index in [2.05, 4.69) is 30.0 Å². The molecule has 1 spiro atoms. The zero-order chi connectivity index (χ0) is 23.5. The van der Waals surface area contributed by atoms with E-state index in [1.165, 1.54) is 0 Å². The quantitative estimate of drug-likeness (QED) is 0.354. The van der Waals surface area contributed by atoms with Gasteiger partial charge in [0.25, 0.3) is 17.7 Å². The molecule has 2 fully saturated rings.